The van der Waals surface area contributed by atoms with E-state index in [0.29, 0.717) is 4.83 Å². The first-order valence-corrected chi connectivity index (χ1v) is 4.03. The van der Waals surface area contributed by atoms with Crippen molar-refractivity contribution in [3.63, 3.8) is 0 Å². The highest BCUT2D eigenvalue weighted by atomic mass is 79.9. The predicted molar refractivity (Wildman–Crippen MR) is 53.6 cm³/mol. The van der Waals surface area contributed by atoms with Crippen LogP contribution in [0.25, 0.3) is 0 Å². The normalized spacial score (nSPS) is 12.9. The van der Waals surface area contributed by atoms with Gasteiger partial charge in [-0.2, -0.15) is 0 Å². The zero-order valence-electron chi connectivity index (χ0n) is 6.73. The van der Waals surface area contributed by atoms with Crippen molar-refractivity contribution >= 4 is 15.9 Å². The van der Waals surface area contributed by atoms with Crippen LogP contribution in [0.3, 0.4) is 0 Å². The van der Waals surface area contributed by atoms with E-state index in [1.54, 1.807) is 0 Å². The fraction of sp³-hybridized carbons (Fsp3) is 0.333. The molecule has 0 bridgehead atoms. The number of rotatable bonds is 2. The first kappa shape index (κ1) is 12.4. The maximum Gasteiger partial charge on any atom is 0.0302 e. The van der Waals surface area contributed by atoms with E-state index in [0.717, 1.165) is 0 Å². The lowest BCUT2D eigenvalue weighted by atomic mass is 10.2. The molecule has 0 amide bonds. The zero-order chi connectivity index (χ0) is 8.57. The molecule has 1 unspecified atom stereocenters. The first-order chi connectivity index (χ1) is 4.66. The summed E-state index contributed by atoms with van der Waals surface area (Å²) in [6, 6.07) is 0. The van der Waals surface area contributed by atoms with Crippen LogP contribution in [-0.2, 0) is 0 Å². The molecule has 0 spiro atoms. The van der Waals surface area contributed by atoms with Gasteiger partial charge >= 0.3 is 0 Å². The molecule has 10 heavy (non-hydrogen) atoms. The Morgan fingerprint density at radius 1 is 1.50 bits per heavy atom. The van der Waals surface area contributed by atoms with Gasteiger partial charge in [-0.15, -0.1) is 13.2 Å². The highest BCUT2D eigenvalue weighted by molar-refractivity contribution is 9.09. The minimum absolute atomic E-state index is 0.459. The summed E-state index contributed by atoms with van der Waals surface area (Å²) >= 11 is 3.39. The maximum absolute atomic E-state index is 3.62. The van der Waals surface area contributed by atoms with Crippen molar-refractivity contribution < 1.29 is 0 Å². The van der Waals surface area contributed by atoms with Crippen LogP contribution in [0.1, 0.15) is 13.8 Å². The second kappa shape index (κ2) is 8.70. The van der Waals surface area contributed by atoms with Crippen LogP contribution in [0.2, 0.25) is 0 Å². The molecule has 0 nitrogen and oxygen atoms in total. The highest BCUT2D eigenvalue weighted by Gasteiger charge is 1.86. The van der Waals surface area contributed by atoms with Crippen molar-refractivity contribution in [2.24, 2.45) is 0 Å². The van der Waals surface area contributed by atoms with E-state index >= 15 is 0 Å². The van der Waals surface area contributed by atoms with Gasteiger partial charge in [0.05, 0.1) is 0 Å². The highest BCUT2D eigenvalue weighted by Crippen LogP contribution is 2.03. The van der Waals surface area contributed by atoms with E-state index in [4.69, 9.17) is 0 Å². The van der Waals surface area contributed by atoms with Crippen LogP contribution in [0.15, 0.2) is 37.5 Å². The van der Waals surface area contributed by atoms with Crippen molar-refractivity contribution in [3.05, 3.63) is 37.5 Å². The summed E-state index contributed by atoms with van der Waals surface area (Å²) < 4.78 is 0. The largest absolute Gasteiger partial charge is 0.106 e. The average Bonchev–Trinajstić information content (AvgIpc) is 1.91. The molecule has 0 aromatic carbocycles. The Morgan fingerprint density at radius 3 is 2.00 bits per heavy atom. The number of halogens is 1. The molecular weight excluding hydrogens is 188 g/mol. The fourth-order valence-electron chi connectivity index (χ4n) is 0.430. The molecule has 1 atom stereocenters. The Bertz CT molecular complexity index is 112. The fourth-order valence-corrected chi connectivity index (χ4v) is 0.847. The summed E-state index contributed by atoms with van der Waals surface area (Å²) in [7, 11) is 0. The Labute approximate surface area is 72.5 Å². The van der Waals surface area contributed by atoms with E-state index in [-0.39, 0.29) is 0 Å². The van der Waals surface area contributed by atoms with Crippen LogP contribution in [0.4, 0.5) is 0 Å². The molecule has 0 aliphatic heterocycles. The number of hydrogen-bond acceptors (Lipinski definition) is 0. The Morgan fingerprint density at radius 2 is 1.90 bits per heavy atom. The Kier molecular flexibility index (Phi) is 10.8. The molecule has 0 aliphatic carbocycles. The summed E-state index contributed by atoms with van der Waals surface area (Å²) in [5.41, 5.74) is 1.22. The lowest BCUT2D eigenvalue weighted by molar-refractivity contribution is 1.24. The predicted octanol–water partition coefficient (Wildman–Crippen LogP) is 3.70. The lowest BCUT2D eigenvalue weighted by Gasteiger charge is -1.92. The summed E-state index contributed by atoms with van der Waals surface area (Å²) in [5, 5.41) is 0. The molecule has 0 fully saturated rings. The van der Waals surface area contributed by atoms with E-state index in [9.17, 15) is 0 Å². The minimum Gasteiger partial charge on any atom is -0.106 e. The average molecular weight is 203 g/mol. The number of hydrogen-bond donors (Lipinski definition) is 0. The molecule has 0 radical (unpaired) electrons. The first-order valence-electron chi connectivity index (χ1n) is 3.11. The second-order valence-corrected chi connectivity index (χ2v) is 3.24. The maximum atomic E-state index is 3.62. The van der Waals surface area contributed by atoms with Gasteiger partial charge in [-0.1, -0.05) is 40.2 Å². The van der Waals surface area contributed by atoms with Crippen molar-refractivity contribution in [2.45, 2.75) is 18.7 Å². The Hall–Kier alpha value is -0.300. The molecular formula is C9H15Br. The van der Waals surface area contributed by atoms with E-state index in [1.165, 1.54) is 5.57 Å². The smallest absolute Gasteiger partial charge is 0.0302 e. The molecule has 0 saturated carbocycles. The summed E-state index contributed by atoms with van der Waals surface area (Å²) in [6.07, 6.45) is 3.95. The van der Waals surface area contributed by atoms with Crippen LogP contribution in [0, 0.1) is 0 Å². The summed E-state index contributed by atoms with van der Waals surface area (Å²) in [4.78, 5) is 0.459. The molecule has 0 aromatic rings. The monoisotopic (exact) mass is 202 g/mol. The minimum atomic E-state index is 0.459. The molecule has 0 N–H and O–H groups in total. The molecule has 1 heteroatoms. The summed E-state index contributed by atoms with van der Waals surface area (Å²) in [5.74, 6) is 0. The van der Waals surface area contributed by atoms with Gasteiger partial charge in [0.1, 0.15) is 0 Å². The number of alkyl halides is 1. The third-order valence-electron chi connectivity index (χ3n) is 0.815. The van der Waals surface area contributed by atoms with Crippen molar-refractivity contribution in [1.29, 1.82) is 0 Å². The topological polar surface area (TPSA) is 0 Å². The van der Waals surface area contributed by atoms with Crippen LogP contribution in [0.5, 0.6) is 0 Å². The standard InChI is InChI=1S/C7H11Br.C2H4/c1-4-6(2)5-7(3)8;1-2/h4-5,7H,1H2,2-3H3;1-2H2/b6-5-;. The van der Waals surface area contributed by atoms with Gasteiger partial charge in [0.2, 0.25) is 0 Å². The van der Waals surface area contributed by atoms with Crippen LogP contribution in [-0.4, -0.2) is 4.83 Å². The molecule has 0 rings (SSSR count). The van der Waals surface area contributed by atoms with Crippen molar-refractivity contribution in [2.75, 3.05) is 0 Å². The molecule has 0 aliphatic rings. The lowest BCUT2D eigenvalue weighted by Crippen LogP contribution is -1.81. The van der Waals surface area contributed by atoms with Gasteiger partial charge in [-0.3, -0.25) is 0 Å². The van der Waals surface area contributed by atoms with Gasteiger partial charge < -0.3 is 0 Å². The van der Waals surface area contributed by atoms with E-state index in [1.807, 2.05) is 13.0 Å². The van der Waals surface area contributed by atoms with Gasteiger partial charge in [-0.05, 0) is 13.8 Å². The molecule has 58 valence electrons. The molecule has 0 aromatic heterocycles. The third kappa shape index (κ3) is 10.6. The zero-order valence-corrected chi connectivity index (χ0v) is 8.32. The van der Waals surface area contributed by atoms with Crippen molar-refractivity contribution in [3.8, 4) is 0 Å². The van der Waals surface area contributed by atoms with Gasteiger partial charge in [0.15, 0.2) is 0 Å². The quantitative estimate of drug-likeness (QED) is 0.364. The van der Waals surface area contributed by atoms with Gasteiger partial charge in [-0.25, -0.2) is 0 Å². The van der Waals surface area contributed by atoms with Crippen LogP contribution >= 0.6 is 15.9 Å². The second-order valence-electron chi connectivity index (χ2n) is 1.79. The number of allylic oxidation sites excluding steroid dienone is 3. The third-order valence-corrected chi connectivity index (χ3v) is 1.08. The van der Waals surface area contributed by atoms with E-state index in [2.05, 4.69) is 48.7 Å². The Balaban J connectivity index is 0. The van der Waals surface area contributed by atoms with Crippen LogP contribution < -0.4 is 0 Å². The van der Waals surface area contributed by atoms with Crippen molar-refractivity contribution in [1.82, 2.24) is 0 Å². The molecule has 0 heterocycles. The SMILES string of the molecule is C=C.C=C/C(C)=C\C(C)Br. The van der Waals surface area contributed by atoms with E-state index < -0.39 is 0 Å². The van der Waals surface area contributed by atoms with Gasteiger partial charge in [0.25, 0.3) is 0 Å². The summed E-state index contributed by atoms with van der Waals surface area (Å²) in [6.45, 7) is 13.7. The molecule has 0 saturated heterocycles. The van der Waals surface area contributed by atoms with Gasteiger partial charge in [0, 0.05) is 4.83 Å².